The number of allylic oxidation sites excluding steroid dienone is 4. The van der Waals surface area contributed by atoms with Crippen molar-refractivity contribution in [3.63, 3.8) is 0 Å². The van der Waals surface area contributed by atoms with Crippen molar-refractivity contribution in [3.8, 4) is 0 Å². The Morgan fingerprint density at radius 3 is 1.33 bits per heavy atom. The summed E-state index contributed by atoms with van der Waals surface area (Å²) in [6.45, 7) is 27.1. The normalized spacial score (nSPS) is 24.9. The molecule has 0 saturated heterocycles. The third-order valence-electron chi connectivity index (χ3n) is 8.82. The van der Waals surface area contributed by atoms with Gasteiger partial charge in [-0.25, -0.2) is 9.98 Å². The van der Waals surface area contributed by atoms with Gasteiger partial charge in [0, 0.05) is 52.4 Å². The highest BCUT2D eigenvalue weighted by Gasteiger charge is 2.51. The van der Waals surface area contributed by atoms with Crippen molar-refractivity contribution in [1.82, 2.24) is 9.97 Å². The van der Waals surface area contributed by atoms with Gasteiger partial charge in [-0.05, 0) is 64.8 Å². The summed E-state index contributed by atoms with van der Waals surface area (Å²) in [6.07, 6.45) is 8.58. The van der Waals surface area contributed by atoms with E-state index in [4.69, 9.17) is 14.7 Å². The molecule has 0 fully saturated rings. The standard InChI is InChI=1S/C37H50N4O/c1-33(2,3)30-22-14-16-24(38-22)31(34(4,5)6)26-18-20-28(40-26)37(42-13,36(10,11)12)29-21-19-27(41-29)32(35(7,8)9)25-17-15-23(30)39-25/h14-21,30,38-39H,1-13H3/b31-26+,32-27?. The Bertz CT molecular complexity index is 1480. The van der Waals surface area contributed by atoms with E-state index in [9.17, 15) is 0 Å². The summed E-state index contributed by atoms with van der Waals surface area (Å²) >= 11 is 0. The lowest BCUT2D eigenvalue weighted by molar-refractivity contribution is 0.0214. The van der Waals surface area contributed by atoms with Crippen molar-refractivity contribution >= 4 is 22.6 Å². The topological polar surface area (TPSA) is 65.5 Å². The van der Waals surface area contributed by atoms with E-state index in [-0.39, 0.29) is 27.6 Å². The number of nitrogens with one attached hydrogen (secondary N) is 2. The number of aromatic amines is 2. The number of aromatic nitrogens is 2. The van der Waals surface area contributed by atoms with Gasteiger partial charge in [-0.2, -0.15) is 0 Å². The molecule has 0 radical (unpaired) electrons. The van der Waals surface area contributed by atoms with E-state index in [1.54, 1.807) is 7.11 Å². The van der Waals surface area contributed by atoms with Crippen molar-refractivity contribution in [2.75, 3.05) is 7.11 Å². The zero-order chi connectivity index (χ0) is 31.0. The predicted octanol–water partition coefficient (Wildman–Crippen LogP) is 9.50. The van der Waals surface area contributed by atoms with Crippen LogP contribution >= 0.6 is 0 Å². The molecule has 0 saturated carbocycles. The summed E-state index contributed by atoms with van der Waals surface area (Å²) in [7, 11) is 1.79. The minimum absolute atomic E-state index is 0.0261. The van der Waals surface area contributed by atoms with Gasteiger partial charge in [0.25, 0.3) is 0 Å². The van der Waals surface area contributed by atoms with Crippen LogP contribution < -0.4 is 0 Å². The minimum atomic E-state index is -0.842. The zero-order valence-electron chi connectivity index (χ0n) is 28.0. The molecule has 2 aromatic rings. The molecule has 5 heterocycles. The second-order valence-corrected chi connectivity index (χ2v) is 16.3. The summed E-state index contributed by atoms with van der Waals surface area (Å²) in [5.74, 6) is 0.142. The summed E-state index contributed by atoms with van der Waals surface area (Å²) in [5.41, 5.74) is 9.15. The molecule has 42 heavy (non-hydrogen) atoms. The minimum Gasteiger partial charge on any atom is -0.365 e. The fraction of sp³-hybridized carbons (Fsp3) is 0.514. The van der Waals surface area contributed by atoms with Gasteiger partial charge in [0.1, 0.15) is 0 Å². The lowest BCUT2D eigenvalue weighted by atomic mass is 9.70. The predicted molar refractivity (Wildman–Crippen MR) is 178 cm³/mol. The number of fused-ring (bicyclic) bond motifs is 6. The molecule has 8 bridgehead atoms. The van der Waals surface area contributed by atoms with Crippen LogP contribution in [0.5, 0.6) is 0 Å². The van der Waals surface area contributed by atoms with Crippen molar-refractivity contribution < 1.29 is 4.74 Å². The maximum Gasteiger partial charge on any atom is 0.156 e. The highest BCUT2D eigenvalue weighted by atomic mass is 16.5. The summed E-state index contributed by atoms with van der Waals surface area (Å²) < 4.78 is 6.53. The molecule has 3 aliphatic heterocycles. The number of methoxy groups -OCH3 is 1. The van der Waals surface area contributed by atoms with Crippen LogP contribution in [0.25, 0.3) is 11.1 Å². The maximum absolute atomic E-state index is 6.53. The van der Waals surface area contributed by atoms with Crippen LogP contribution in [0.3, 0.4) is 0 Å². The molecule has 5 heteroatoms. The second-order valence-electron chi connectivity index (χ2n) is 16.3. The molecule has 0 amide bonds. The largest absolute Gasteiger partial charge is 0.365 e. The van der Waals surface area contributed by atoms with Gasteiger partial charge >= 0.3 is 0 Å². The van der Waals surface area contributed by atoms with Crippen molar-refractivity contribution in [3.05, 3.63) is 82.7 Å². The van der Waals surface area contributed by atoms with E-state index >= 15 is 0 Å². The molecule has 2 N–H and O–H groups in total. The van der Waals surface area contributed by atoms with E-state index in [0.717, 1.165) is 34.2 Å². The molecule has 0 spiro atoms. The first-order chi connectivity index (χ1) is 19.3. The number of hydrogen-bond donors (Lipinski definition) is 2. The van der Waals surface area contributed by atoms with Crippen LogP contribution in [0, 0.1) is 21.7 Å². The van der Waals surface area contributed by atoms with Gasteiger partial charge in [0.05, 0.1) is 22.8 Å². The summed E-state index contributed by atoms with van der Waals surface area (Å²) in [6, 6.07) is 8.98. The van der Waals surface area contributed by atoms with Crippen LogP contribution in [-0.2, 0) is 4.74 Å². The molecule has 0 aromatic carbocycles. The molecular weight excluding hydrogens is 516 g/mol. The zero-order valence-corrected chi connectivity index (χ0v) is 28.0. The average Bonchev–Trinajstić information content (AvgIpc) is 3.61. The maximum atomic E-state index is 6.53. The average molecular weight is 567 g/mol. The fourth-order valence-corrected chi connectivity index (χ4v) is 7.22. The second kappa shape index (κ2) is 9.67. The first kappa shape index (κ1) is 30.3. The highest BCUT2D eigenvalue weighted by Crippen LogP contribution is 2.47. The number of aliphatic imine (C=N–C) groups is 2. The summed E-state index contributed by atoms with van der Waals surface area (Å²) in [4.78, 5) is 18.4. The van der Waals surface area contributed by atoms with Gasteiger partial charge in [-0.1, -0.05) is 83.1 Å². The first-order valence-corrected chi connectivity index (χ1v) is 15.3. The molecule has 2 unspecified atom stereocenters. The Morgan fingerprint density at radius 1 is 0.619 bits per heavy atom. The van der Waals surface area contributed by atoms with Gasteiger partial charge in [0.15, 0.2) is 5.60 Å². The monoisotopic (exact) mass is 566 g/mol. The number of ether oxygens (including phenoxy) is 1. The van der Waals surface area contributed by atoms with E-state index in [1.807, 2.05) is 0 Å². The fourth-order valence-electron chi connectivity index (χ4n) is 7.22. The molecule has 2 atom stereocenters. The first-order valence-electron chi connectivity index (χ1n) is 15.3. The Balaban J connectivity index is 1.92. The van der Waals surface area contributed by atoms with Crippen LogP contribution in [0.1, 0.15) is 112 Å². The highest BCUT2D eigenvalue weighted by molar-refractivity contribution is 6.26. The third kappa shape index (κ3) is 4.84. The van der Waals surface area contributed by atoms with E-state index < -0.39 is 5.60 Å². The Labute approximate surface area is 253 Å². The van der Waals surface area contributed by atoms with E-state index in [2.05, 4.69) is 142 Å². The van der Waals surface area contributed by atoms with Gasteiger partial charge < -0.3 is 14.7 Å². The van der Waals surface area contributed by atoms with Crippen LogP contribution in [0.2, 0.25) is 0 Å². The van der Waals surface area contributed by atoms with Crippen LogP contribution in [0.4, 0.5) is 0 Å². The van der Waals surface area contributed by atoms with Crippen LogP contribution in [0.15, 0.2) is 69.9 Å². The Kier molecular flexibility index (Phi) is 6.97. The molecule has 0 aliphatic carbocycles. The number of H-pyrrole nitrogens is 2. The van der Waals surface area contributed by atoms with Crippen LogP contribution in [-0.4, -0.2) is 34.1 Å². The summed E-state index contributed by atoms with van der Waals surface area (Å²) in [5, 5.41) is 0. The molecule has 5 rings (SSSR count). The molecule has 2 aromatic heterocycles. The third-order valence-corrected chi connectivity index (χ3v) is 8.82. The molecule has 5 nitrogen and oxygen atoms in total. The van der Waals surface area contributed by atoms with Crippen molar-refractivity contribution in [2.24, 2.45) is 31.6 Å². The number of nitrogens with zero attached hydrogens (tertiary/aromatic N) is 2. The Morgan fingerprint density at radius 2 is 1.02 bits per heavy atom. The smallest absolute Gasteiger partial charge is 0.156 e. The SMILES string of the molecule is COC1(C(C)(C)C)C2=NC(=C(C(C)(C)C)c3ccc([nH]3)C(C(C)(C)C)c3ccc([nH]3)/C(C(C)(C)C)=C3/C=CC1=N3)C=C2. The van der Waals surface area contributed by atoms with E-state index in [1.165, 1.54) is 22.5 Å². The number of hydrogen-bond acceptors (Lipinski definition) is 3. The lowest BCUT2D eigenvalue weighted by Crippen LogP contribution is -2.56. The van der Waals surface area contributed by atoms with Crippen molar-refractivity contribution in [2.45, 2.75) is 94.6 Å². The lowest BCUT2D eigenvalue weighted by Gasteiger charge is -2.43. The molecular formula is C37H50N4O. The quantitative estimate of drug-likeness (QED) is 0.355. The Hall–Kier alpha value is -3.18. The molecule has 3 aliphatic rings. The van der Waals surface area contributed by atoms with Gasteiger partial charge in [0.2, 0.25) is 0 Å². The van der Waals surface area contributed by atoms with Crippen molar-refractivity contribution in [1.29, 1.82) is 0 Å². The molecule has 224 valence electrons. The van der Waals surface area contributed by atoms with Gasteiger partial charge in [-0.15, -0.1) is 0 Å². The van der Waals surface area contributed by atoms with E-state index in [0.29, 0.717) is 0 Å². The van der Waals surface area contributed by atoms with Gasteiger partial charge in [-0.3, -0.25) is 0 Å². The number of rotatable bonds is 1.